The lowest BCUT2D eigenvalue weighted by Crippen LogP contribution is -2.26. The van der Waals surface area contributed by atoms with E-state index in [1.807, 2.05) is 19.2 Å². The lowest BCUT2D eigenvalue weighted by atomic mass is 10.2. The van der Waals surface area contributed by atoms with E-state index in [9.17, 15) is 4.79 Å². The zero-order valence-electron chi connectivity index (χ0n) is 9.72. The van der Waals surface area contributed by atoms with Crippen LogP contribution in [-0.2, 0) is 11.3 Å². The summed E-state index contributed by atoms with van der Waals surface area (Å²) in [7, 11) is 1.82. The van der Waals surface area contributed by atoms with E-state index >= 15 is 0 Å². The van der Waals surface area contributed by atoms with Crippen molar-refractivity contribution in [2.24, 2.45) is 5.73 Å². The molecule has 88 valence electrons. The molecule has 1 aromatic rings. The van der Waals surface area contributed by atoms with Crippen LogP contribution in [-0.4, -0.2) is 29.4 Å². The van der Waals surface area contributed by atoms with Crippen LogP contribution in [0.5, 0.6) is 0 Å². The molecular formula is C12H19N3O. The third-order valence-electron chi connectivity index (χ3n) is 2.44. The summed E-state index contributed by atoms with van der Waals surface area (Å²) in [5.74, 6) is 0.172. The van der Waals surface area contributed by atoms with Crippen molar-refractivity contribution in [2.45, 2.75) is 25.8 Å². The molecule has 1 aromatic heterocycles. The first-order valence-corrected chi connectivity index (χ1v) is 5.57. The van der Waals surface area contributed by atoms with Crippen LogP contribution in [0.3, 0.4) is 0 Å². The number of nitrogens with two attached hydrogens (primary N) is 1. The number of aromatic nitrogens is 1. The Kier molecular flexibility index (Phi) is 5.50. The van der Waals surface area contributed by atoms with Crippen molar-refractivity contribution in [3.8, 4) is 0 Å². The van der Waals surface area contributed by atoms with Crippen molar-refractivity contribution in [1.29, 1.82) is 0 Å². The Balaban J connectivity index is 2.34. The van der Waals surface area contributed by atoms with Crippen LogP contribution >= 0.6 is 0 Å². The zero-order chi connectivity index (χ0) is 11.8. The Morgan fingerprint density at radius 3 is 2.69 bits per heavy atom. The Bertz CT molecular complexity index is 313. The third-order valence-corrected chi connectivity index (χ3v) is 2.44. The molecule has 0 saturated carbocycles. The maximum atomic E-state index is 11.7. The van der Waals surface area contributed by atoms with Gasteiger partial charge in [-0.2, -0.15) is 0 Å². The topological polar surface area (TPSA) is 59.2 Å². The maximum Gasteiger partial charge on any atom is 0.222 e. The highest BCUT2D eigenvalue weighted by Gasteiger charge is 2.08. The molecule has 0 unspecified atom stereocenters. The van der Waals surface area contributed by atoms with E-state index in [1.54, 1.807) is 17.3 Å². The summed E-state index contributed by atoms with van der Waals surface area (Å²) in [5, 5.41) is 0. The molecule has 16 heavy (non-hydrogen) atoms. The molecule has 0 fully saturated rings. The molecule has 0 spiro atoms. The van der Waals surface area contributed by atoms with Gasteiger partial charge in [0.15, 0.2) is 0 Å². The minimum absolute atomic E-state index is 0.172. The average molecular weight is 221 g/mol. The summed E-state index contributed by atoms with van der Waals surface area (Å²) in [6.07, 6.45) is 5.84. The summed E-state index contributed by atoms with van der Waals surface area (Å²) in [6, 6.07) is 3.84. The van der Waals surface area contributed by atoms with Crippen molar-refractivity contribution >= 4 is 5.91 Å². The molecule has 0 aliphatic rings. The fourth-order valence-electron chi connectivity index (χ4n) is 1.46. The van der Waals surface area contributed by atoms with Crippen LogP contribution in [0.1, 0.15) is 24.8 Å². The molecule has 0 aliphatic heterocycles. The van der Waals surface area contributed by atoms with Crippen LogP contribution in [0.25, 0.3) is 0 Å². The van der Waals surface area contributed by atoms with Gasteiger partial charge in [-0.15, -0.1) is 0 Å². The van der Waals surface area contributed by atoms with Gasteiger partial charge in [-0.3, -0.25) is 9.78 Å². The molecule has 0 aromatic carbocycles. The van der Waals surface area contributed by atoms with Crippen LogP contribution in [0, 0.1) is 0 Å². The number of amides is 1. The maximum absolute atomic E-state index is 11.7. The van der Waals surface area contributed by atoms with E-state index in [2.05, 4.69) is 4.98 Å². The lowest BCUT2D eigenvalue weighted by Gasteiger charge is -2.17. The van der Waals surface area contributed by atoms with E-state index in [-0.39, 0.29) is 5.91 Å². The first-order valence-electron chi connectivity index (χ1n) is 5.57. The molecule has 4 heteroatoms. The second-order valence-electron chi connectivity index (χ2n) is 3.85. The second-order valence-corrected chi connectivity index (χ2v) is 3.85. The molecule has 1 heterocycles. The van der Waals surface area contributed by atoms with Crippen LogP contribution in [0.15, 0.2) is 24.5 Å². The molecule has 0 bridgehead atoms. The Labute approximate surface area is 96.5 Å². The SMILES string of the molecule is CN(Cc1ccncc1)C(=O)CCCCN. The first-order chi connectivity index (χ1) is 7.74. The highest BCUT2D eigenvalue weighted by molar-refractivity contribution is 5.75. The highest BCUT2D eigenvalue weighted by Crippen LogP contribution is 2.04. The Hall–Kier alpha value is -1.42. The van der Waals surface area contributed by atoms with E-state index < -0.39 is 0 Å². The van der Waals surface area contributed by atoms with Gasteiger partial charge in [0.25, 0.3) is 0 Å². The summed E-state index contributed by atoms with van der Waals surface area (Å²) in [5.41, 5.74) is 6.48. The predicted octanol–water partition coefficient (Wildman–Crippen LogP) is 1.17. The number of pyridine rings is 1. The largest absolute Gasteiger partial charge is 0.341 e. The third kappa shape index (κ3) is 4.40. The summed E-state index contributed by atoms with van der Waals surface area (Å²) in [4.78, 5) is 17.4. The molecule has 4 nitrogen and oxygen atoms in total. The highest BCUT2D eigenvalue weighted by atomic mass is 16.2. The fourth-order valence-corrected chi connectivity index (χ4v) is 1.46. The van der Waals surface area contributed by atoms with Gasteiger partial charge in [0.05, 0.1) is 0 Å². The number of carbonyl (C=O) groups excluding carboxylic acids is 1. The van der Waals surface area contributed by atoms with Crippen LogP contribution in [0.2, 0.25) is 0 Å². The summed E-state index contributed by atoms with van der Waals surface area (Å²) >= 11 is 0. The minimum atomic E-state index is 0.172. The van der Waals surface area contributed by atoms with E-state index in [1.165, 1.54) is 0 Å². The molecule has 0 radical (unpaired) electrons. The second kappa shape index (κ2) is 6.95. The van der Waals surface area contributed by atoms with Crippen molar-refractivity contribution in [3.05, 3.63) is 30.1 Å². The number of carbonyl (C=O) groups is 1. The molecule has 0 atom stereocenters. The molecule has 1 amide bonds. The smallest absolute Gasteiger partial charge is 0.222 e. The van der Waals surface area contributed by atoms with Crippen molar-refractivity contribution in [3.63, 3.8) is 0 Å². The van der Waals surface area contributed by atoms with Gasteiger partial charge in [0.2, 0.25) is 5.91 Å². The Morgan fingerprint density at radius 1 is 1.38 bits per heavy atom. The monoisotopic (exact) mass is 221 g/mol. The number of unbranched alkanes of at least 4 members (excludes halogenated alkanes) is 1. The molecule has 0 aliphatic carbocycles. The zero-order valence-corrected chi connectivity index (χ0v) is 9.72. The summed E-state index contributed by atoms with van der Waals surface area (Å²) in [6.45, 7) is 1.30. The summed E-state index contributed by atoms with van der Waals surface area (Å²) < 4.78 is 0. The average Bonchev–Trinajstić information content (AvgIpc) is 2.30. The minimum Gasteiger partial charge on any atom is -0.341 e. The molecular weight excluding hydrogens is 202 g/mol. The van der Waals surface area contributed by atoms with Crippen LogP contribution < -0.4 is 5.73 Å². The van der Waals surface area contributed by atoms with Gasteiger partial charge in [0, 0.05) is 32.4 Å². The van der Waals surface area contributed by atoms with Gasteiger partial charge < -0.3 is 10.6 Å². The van der Waals surface area contributed by atoms with Crippen molar-refractivity contribution in [2.75, 3.05) is 13.6 Å². The molecule has 0 saturated heterocycles. The Morgan fingerprint density at radius 2 is 2.06 bits per heavy atom. The van der Waals surface area contributed by atoms with Crippen molar-refractivity contribution < 1.29 is 4.79 Å². The molecule has 1 rings (SSSR count). The number of nitrogens with zero attached hydrogens (tertiary/aromatic N) is 2. The number of rotatable bonds is 6. The van der Waals surface area contributed by atoms with E-state index in [0.29, 0.717) is 19.5 Å². The first kappa shape index (κ1) is 12.6. The van der Waals surface area contributed by atoms with Crippen LogP contribution in [0.4, 0.5) is 0 Å². The van der Waals surface area contributed by atoms with Gasteiger partial charge in [-0.25, -0.2) is 0 Å². The van der Waals surface area contributed by atoms with Gasteiger partial charge >= 0.3 is 0 Å². The predicted molar refractivity (Wildman–Crippen MR) is 63.6 cm³/mol. The number of hydrogen-bond acceptors (Lipinski definition) is 3. The quantitative estimate of drug-likeness (QED) is 0.733. The molecule has 2 N–H and O–H groups in total. The standard InChI is InChI=1S/C12H19N3O/c1-15(12(16)4-2-3-7-13)10-11-5-8-14-9-6-11/h5-6,8-9H,2-4,7,10,13H2,1H3. The van der Waals surface area contributed by atoms with Gasteiger partial charge in [-0.1, -0.05) is 0 Å². The van der Waals surface area contributed by atoms with Gasteiger partial charge in [-0.05, 0) is 37.1 Å². The van der Waals surface area contributed by atoms with Crippen molar-refractivity contribution in [1.82, 2.24) is 9.88 Å². The lowest BCUT2D eigenvalue weighted by molar-refractivity contribution is -0.130. The van der Waals surface area contributed by atoms with E-state index in [0.717, 1.165) is 18.4 Å². The number of hydrogen-bond donors (Lipinski definition) is 1. The normalized spacial score (nSPS) is 10.1. The van der Waals surface area contributed by atoms with Gasteiger partial charge in [0.1, 0.15) is 0 Å². The fraction of sp³-hybridized carbons (Fsp3) is 0.500. The van der Waals surface area contributed by atoms with E-state index in [4.69, 9.17) is 5.73 Å².